The summed E-state index contributed by atoms with van der Waals surface area (Å²) in [5.74, 6) is -0.197. The van der Waals surface area contributed by atoms with Crippen LogP contribution in [0.1, 0.15) is 17.8 Å². The number of aliphatic carboxylic acids is 1. The number of aryl methyl sites for hydroxylation is 1. The second-order valence-electron chi connectivity index (χ2n) is 10.5. The molecule has 4 heterocycles. The third-order valence-corrected chi connectivity index (χ3v) is 7.82. The molecule has 3 aromatic rings. The number of carboxylic acids is 1. The van der Waals surface area contributed by atoms with Crippen molar-refractivity contribution in [3.8, 4) is 11.5 Å². The lowest BCUT2D eigenvalue weighted by Gasteiger charge is -2.37. The number of carboxylic acid groups (broad SMARTS) is 1. The Kier molecular flexibility index (Phi) is 9.31. The molecule has 3 N–H and O–H groups in total. The molecular formula is C28H34N8O6S. The van der Waals surface area contributed by atoms with Crippen molar-refractivity contribution in [2.75, 3.05) is 57.9 Å². The fourth-order valence-electron chi connectivity index (χ4n) is 4.99. The smallest absolute Gasteiger partial charge is 0.310 e. The molecule has 0 saturated carbocycles. The molecule has 43 heavy (non-hydrogen) atoms. The average Bonchev–Trinajstić information content (AvgIpc) is 2.97. The third-order valence-electron chi connectivity index (χ3n) is 7.42. The summed E-state index contributed by atoms with van der Waals surface area (Å²) in [5.41, 5.74) is 2.33. The topological polar surface area (TPSA) is 166 Å². The average molecular weight is 611 g/mol. The second-order valence-corrected chi connectivity index (χ2v) is 10.9. The number of likely N-dealkylation sites (tertiary alicyclic amines) is 1. The highest BCUT2D eigenvalue weighted by molar-refractivity contribution is 7.80. The van der Waals surface area contributed by atoms with Crippen LogP contribution in [0, 0.1) is 12.8 Å². The minimum absolute atomic E-state index is 0.145. The molecule has 0 bridgehead atoms. The number of methoxy groups -OCH3 is 1. The fourth-order valence-corrected chi connectivity index (χ4v) is 5.24. The number of piperazine rings is 1. The Labute approximate surface area is 253 Å². The number of aliphatic hydroxyl groups is 1. The van der Waals surface area contributed by atoms with Gasteiger partial charge >= 0.3 is 5.97 Å². The summed E-state index contributed by atoms with van der Waals surface area (Å²) in [7, 11) is 1.52. The zero-order chi connectivity index (χ0) is 30.5. The van der Waals surface area contributed by atoms with Gasteiger partial charge in [-0.3, -0.25) is 19.6 Å². The highest BCUT2D eigenvalue weighted by Gasteiger charge is 2.36. The molecule has 2 aromatic heterocycles. The molecular weight excluding hydrogens is 576 g/mol. The van der Waals surface area contributed by atoms with Crippen LogP contribution in [0.3, 0.4) is 0 Å². The SMILES string of the molecule is COc1cc2c(N3CCN(C(=S)NCc4cncc(C)n4)CC3)ncnc2cc1OCC(O)CC(=O)N1CC(C(=O)O)C1. The first-order valence-corrected chi connectivity index (χ1v) is 14.3. The van der Waals surface area contributed by atoms with Crippen LogP contribution in [0.4, 0.5) is 5.82 Å². The molecule has 2 saturated heterocycles. The van der Waals surface area contributed by atoms with E-state index in [1.54, 1.807) is 18.5 Å². The Balaban J connectivity index is 1.17. The number of amides is 1. The van der Waals surface area contributed by atoms with E-state index in [4.69, 9.17) is 26.8 Å². The lowest BCUT2D eigenvalue weighted by Crippen LogP contribution is -2.53. The van der Waals surface area contributed by atoms with Crippen LogP contribution in [0.2, 0.25) is 0 Å². The number of fused-ring (bicyclic) bond motifs is 1. The van der Waals surface area contributed by atoms with E-state index in [1.165, 1.54) is 18.3 Å². The molecule has 0 radical (unpaired) electrons. The van der Waals surface area contributed by atoms with Crippen molar-refractivity contribution >= 4 is 45.9 Å². The number of hydrogen-bond acceptors (Lipinski definition) is 11. The Morgan fingerprint density at radius 2 is 1.88 bits per heavy atom. The zero-order valence-electron chi connectivity index (χ0n) is 24.0. The second kappa shape index (κ2) is 13.3. The maximum atomic E-state index is 12.3. The van der Waals surface area contributed by atoms with Crippen molar-refractivity contribution in [1.29, 1.82) is 0 Å². The molecule has 0 spiro atoms. The van der Waals surface area contributed by atoms with Gasteiger partial charge in [-0.1, -0.05) is 0 Å². The van der Waals surface area contributed by atoms with Crippen LogP contribution in [0.5, 0.6) is 11.5 Å². The summed E-state index contributed by atoms with van der Waals surface area (Å²) >= 11 is 5.62. The summed E-state index contributed by atoms with van der Waals surface area (Å²) < 4.78 is 11.4. The quantitative estimate of drug-likeness (QED) is 0.273. The molecule has 2 fully saturated rings. The monoisotopic (exact) mass is 610 g/mol. The molecule has 2 aliphatic rings. The van der Waals surface area contributed by atoms with Gasteiger partial charge < -0.3 is 39.7 Å². The predicted octanol–water partition coefficient (Wildman–Crippen LogP) is 0.606. The van der Waals surface area contributed by atoms with Gasteiger partial charge in [-0.05, 0) is 25.2 Å². The lowest BCUT2D eigenvalue weighted by atomic mass is 10.00. The van der Waals surface area contributed by atoms with E-state index in [2.05, 4.69) is 35.1 Å². The zero-order valence-corrected chi connectivity index (χ0v) is 24.8. The number of carbonyl (C=O) groups excluding carboxylic acids is 1. The van der Waals surface area contributed by atoms with Crippen molar-refractivity contribution in [3.05, 3.63) is 42.2 Å². The highest BCUT2D eigenvalue weighted by Crippen LogP contribution is 2.35. The maximum Gasteiger partial charge on any atom is 0.310 e. The van der Waals surface area contributed by atoms with Gasteiger partial charge in [0.1, 0.15) is 18.8 Å². The van der Waals surface area contributed by atoms with Crippen LogP contribution < -0.4 is 19.7 Å². The number of rotatable bonds is 10. The highest BCUT2D eigenvalue weighted by atomic mass is 32.1. The number of aromatic nitrogens is 4. The molecule has 1 amide bonds. The fraction of sp³-hybridized carbons (Fsp3) is 0.464. The molecule has 1 unspecified atom stereocenters. The molecule has 5 rings (SSSR count). The number of ether oxygens (including phenoxy) is 2. The maximum absolute atomic E-state index is 12.3. The molecule has 2 aliphatic heterocycles. The number of benzene rings is 1. The number of thiocarbonyl (C=S) groups is 1. The first-order valence-electron chi connectivity index (χ1n) is 13.9. The van der Waals surface area contributed by atoms with Gasteiger partial charge in [-0.25, -0.2) is 9.97 Å². The minimum atomic E-state index is -1.07. The van der Waals surface area contributed by atoms with E-state index in [0.717, 1.165) is 22.6 Å². The summed E-state index contributed by atoms with van der Waals surface area (Å²) in [6.45, 7) is 5.39. The van der Waals surface area contributed by atoms with E-state index in [-0.39, 0.29) is 32.0 Å². The molecule has 15 heteroatoms. The van der Waals surface area contributed by atoms with Gasteiger partial charge in [0.25, 0.3) is 0 Å². The Hall–Kier alpha value is -4.37. The Bertz CT molecular complexity index is 1500. The van der Waals surface area contributed by atoms with Crippen LogP contribution in [0.25, 0.3) is 10.9 Å². The van der Waals surface area contributed by atoms with E-state index in [1.807, 2.05) is 13.0 Å². The van der Waals surface area contributed by atoms with Crippen molar-refractivity contribution < 1.29 is 29.3 Å². The molecule has 0 aliphatic carbocycles. The van der Waals surface area contributed by atoms with Crippen LogP contribution in [0.15, 0.2) is 30.9 Å². The van der Waals surface area contributed by atoms with E-state index in [0.29, 0.717) is 54.9 Å². The third kappa shape index (κ3) is 7.17. The van der Waals surface area contributed by atoms with Crippen LogP contribution in [-0.2, 0) is 16.1 Å². The number of nitrogens with one attached hydrogen (secondary N) is 1. The Morgan fingerprint density at radius 1 is 1.12 bits per heavy atom. The largest absolute Gasteiger partial charge is 0.493 e. The van der Waals surface area contributed by atoms with E-state index < -0.39 is 18.0 Å². The number of nitrogens with zero attached hydrogens (tertiary/aromatic N) is 7. The van der Waals surface area contributed by atoms with Crippen molar-refractivity contribution in [2.45, 2.75) is 26.0 Å². The molecule has 1 atom stereocenters. The van der Waals surface area contributed by atoms with Crippen LogP contribution in [-0.4, -0.2) is 116 Å². The van der Waals surface area contributed by atoms with Gasteiger partial charge in [0.2, 0.25) is 5.91 Å². The summed E-state index contributed by atoms with van der Waals surface area (Å²) in [5, 5.41) is 24.1. The van der Waals surface area contributed by atoms with Crippen LogP contribution >= 0.6 is 12.2 Å². The molecule has 14 nitrogen and oxygen atoms in total. The van der Waals surface area contributed by atoms with Gasteiger partial charge in [-0.15, -0.1) is 0 Å². The van der Waals surface area contributed by atoms with Gasteiger partial charge in [0.15, 0.2) is 16.6 Å². The van der Waals surface area contributed by atoms with E-state index in [9.17, 15) is 14.7 Å². The minimum Gasteiger partial charge on any atom is -0.493 e. The van der Waals surface area contributed by atoms with Crippen molar-refractivity contribution in [1.82, 2.24) is 35.1 Å². The number of aliphatic hydroxyl groups excluding tert-OH is 1. The molecule has 228 valence electrons. The molecule has 1 aromatic carbocycles. The van der Waals surface area contributed by atoms with Gasteiger partial charge in [-0.2, -0.15) is 0 Å². The summed E-state index contributed by atoms with van der Waals surface area (Å²) in [6, 6.07) is 3.54. The lowest BCUT2D eigenvalue weighted by molar-refractivity contribution is -0.153. The summed E-state index contributed by atoms with van der Waals surface area (Å²) in [4.78, 5) is 46.6. The first-order chi connectivity index (χ1) is 20.7. The standard InChI is InChI=1S/C28H34N8O6S/c1-17-10-29-11-19(33-17)12-30-28(43)35-5-3-34(4-6-35)26-21-8-23(41-2)24(9-22(21)31-16-32-26)42-15-20(37)7-25(38)36-13-18(14-36)27(39)40/h8-11,16,18,20,37H,3-7,12-15H2,1-2H3,(H,30,43)(H,39,40). The normalized spacial score (nSPS) is 16.0. The summed E-state index contributed by atoms with van der Waals surface area (Å²) in [6.07, 6.45) is 3.70. The predicted molar refractivity (Wildman–Crippen MR) is 160 cm³/mol. The number of anilines is 1. The van der Waals surface area contributed by atoms with Crippen molar-refractivity contribution in [2.24, 2.45) is 5.92 Å². The number of carbonyl (C=O) groups is 2. The van der Waals surface area contributed by atoms with E-state index >= 15 is 0 Å². The first kappa shape index (κ1) is 30.1. The number of hydrogen-bond donors (Lipinski definition) is 3. The van der Waals surface area contributed by atoms with Gasteiger partial charge in [0, 0.05) is 56.9 Å². The van der Waals surface area contributed by atoms with Gasteiger partial charge in [0.05, 0.1) is 55.2 Å². The van der Waals surface area contributed by atoms with Crippen molar-refractivity contribution in [3.63, 3.8) is 0 Å². The Morgan fingerprint density at radius 3 is 2.58 bits per heavy atom.